The molecule has 19 N–H and O–H groups in total. The Balaban J connectivity index is 1.42. The normalized spacial score (nSPS) is 26.1. The van der Waals surface area contributed by atoms with E-state index in [-0.39, 0.29) is 97.8 Å². The summed E-state index contributed by atoms with van der Waals surface area (Å²) in [4.78, 5) is 198. The Labute approximate surface area is 575 Å². The number of hydrogen-bond donors (Lipinski definition) is 17. The number of aliphatic hydroxyl groups is 1. The summed E-state index contributed by atoms with van der Waals surface area (Å²) in [7, 11) is 3.62. The molecule has 2 aromatic rings. The second kappa shape index (κ2) is 38.2. The molecule has 4 aliphatic heterocycles. The van der Waals surface area contributed by atoms with Gasteiger partial charge in [0, 0.05) is 55.2 Å². The lowest BCUT2D eigenvalue weighted by molar-refractivity contribution is -0.142. The van der Waals surface area contributed by atoms with Crippen LogP contribution in [0.2, 0.25) is 0 Å². The van der Waals surface area contributed by atoms with E-state index >= 15 is 9.59 Å². The van der Waals surface area contributed by atoms with Gasteiger partial charge in [-0.2, -0.15) is 0 Å². The van der Waals surface area contributed by atoms with E-state index < -0.39 is 175 Å². The number of aromatic hydroxyl groups is 2. The number of aliphatic hydroxyl groups excluding tert-OH is 1. The van der Waals surface area contributed by atoms with Gasteiger partial charge in [0.15, 0.2) is 0 Å². The molecule has 0 saturated carbocycles. The average Bonchev–Trinajstić information content (AvgIpc) is 1.71. The molecule has 14 amide bonds. The first-order valence-electron chi connectivity index (χ1n) is 31.7. The summed E-state index contributed by atoms with van der Waals surface area (Å²) in [5.74, 6) is -14.6. The number of rotatable bonds is 18. The van der Waals surface area contributed by atoms with Crippen molar-refractivity contribution in [2.75, 3.05) is 49.2 Å². The van der Waals surface area contributed by atoms with Crippen molar-refractivity contribution in [1.29, 1.82) is 0 Å². The molecular formula is C61H87N15O17S4. The molecule has 2 aromatic carbocycles. The van der Waals surface area contributed by atoms with E-state index in [1.807, 2.05) is 0 Å². The fourth-order valence-electron chi connectivity index (χ4n) is 10.6. The monoisotopic (exact) mass is 1430 g/mol. The summed E-state index contributed by atoms with van der Waals surface area (Å²) >= 11 is 0. The van der Waals surface area contributed by atoms with E-state index in [2.05, 4.69) is 63.8 Å². The third-order valence-corrected chi connectivity index (χ3v) is 20.7. The molecule has 0 aromatic heterocycles. The van der Waals surface area contributed by atoms with E-state index in [9.17, 15) is 72.9 Å². The quantitative estimate of drug-likeness (QED) is 0.0497. The fraction of sp³-hybridized carbons (Fsp3) is 0.574. The lowest BCUT2D eigenvalue weighted by Crippen LogP contribution is -2.61. The molecule has 32 nitrogen and oxygen atoms in total. The van der Waals surface area contributed by atoms with Gasteiger partial charge in [-0.15, -0.1) is 0 Å². The highest BCUT2D eigenvalue weighted by molar-refractivity contribution is 8.77. The number of hydrogen-bond acceptors (Lipinski definition) is 22. The van der Waals surface area contributed by atoms with Crippen LogP contribution in [0.25, 0.3) is 0 Å². The van der Waals surface area contributed by atoms with Gasteiger partial charge in [0.05, 0.1) is 19.2 Å². The molecule has 4 aliphatic rings. The number of nitrogens with two attached hydrogens (primary N) is 2. The van der Waals surface area contributed by atoms with Gasteiger partial charge >= 0.3 is 0 Å². The molecule has 4 fully saturated rings. The number of carbonyl (C=O) groups is 14. The summed E-state index contributed by atoms with van der Waals surface area (Å²) in [6.07, 6.45) is -1.10. The predicted octanol–water partition coefficient (Wildman–Crippen LogP) is -4.17. The molecule has 2 bridgehead atoms. The van der Waals surface area contributed by atoms with Gasteiger partial charge in [0.1, 0.15) is 78.0 Å². The minimum absolute atomic E-state index is 0.00657. The molecule has 0 aliphatic carbocycles. The van der Waals surface area contributed by atoms with Crippen LogP contribution in [0.1, 0.15) is 83.8 Å². The number of unbranched alkanes of at least 4 members (excludes halogenated alkanes) is 1. The van der Waals surface area contributed by atoms with Crippen LogP contribution in [-0.4, -0.2) is 225 Å². The van der Waals surface area contributed by atoms with Gasteiger partial charge in [-0.1, -0.05) is 95.1 Å². The second-order valence-electron chi connectivity index (χ2n) is 24.5. The average molecular weight is 1430 g/mol. The van der Waals surface area contributed by atoms with Crippen molar-refractivity contribution in [3.05, 3.63) is 59.7 Å². The Bertz CT molecular complexity index is 3170. The number of phenolic OH excluding ortho intramolecular Hbond substituents is 2. The van der Waals surface area contributed by atoms with Crippen LogP contribution in [-0.2, 0) is 80.0 Å². The van der Waals surface area contributed by atoms with Crippen molar-refractivity contribution in [1.82, 2.24) is 68.7 Å². The molecule has 4 heterocycles. The number of phenols is 2. The maximum Gasteiger partial charge on any atom is 0.246 e. The number of amides is 14. The fourth-order valence-corrected chi connectivity index (χ4v) is 15.3. The van der Waals surface area contributed by atoms with Crippen LogP contribution < -0.4 is 75.3 Å². The van der Waals surface area contributed by atoms with E-state index in [0.717, 1.165) is 48.1 Å². The summed E-state index contributed by atoms with van der Waals surface area (Å²) in [5, 5.41) is 62.5. The summed E-state index contributed by atoms with van der Waals surface area (Å²) < 4.78 is 0. The van der Waals surface area contributed by atoms with Crippen LogP contribution >= 0.6 is 43.2 Å². The SMILES string of the molecule is CC(C)C[C@@H]1NC(=O)[C@H](CCCCN)NC(=O)[C@H](Cc2ccc(O)cc2)NC(=O)CNC(=O)[C@@H]2CSSC[C@H](NC1=O)C(=O)N[C@@H](Cc1ccc(O)cc1)C(=O)N1C[C@H](O)C[C@H]1C(=O)N[C@H](C(N)=O)CSSC[C@H](NC(=O)[C@@H](NC(=O)CNC(=O)[C@@H]1CCC(=O)N1)C(C)C)C(=O)N2. The van der Waals surface area contributed by atoms with Crippen molar-refractivity contribution >= 4 is 126 Å². The van der Waals surface area contributed by atoms with Crippen molar-refractivity contribution in [2.24, 2.45) is 23.3 Å². The lowest BCUT2D eigenvalue weighted by Gasteiger charge is -2.31. The number of primary amides is 1. The standard InChI is InChI=1S/C61H87N15O17S4/c1-30(2)19-39-55(87)73-44-28-97-95-27-43(53(85)65-23-48(81)67-40(20-32-8-12-34(77)13-9-32)56(88)68-37(54(86)69-39)7-5-6-18-62)72-58(90)45(74-60(92)50(31(3)4)75-49(82)24-64-52(84)38-16-17-47(80)66-38)29-96-94-26-42(51(63)83)71-59(91)46-22-36(79)25-76(46)61(93)41(70-57(44)89)21-33-10-14-35(78)15-11-33/h8-15,30-31,36-46,50,77-79H,5-7,16-29,62H2,1-4H3,(H2,63,83)(H,64,84)(H,65,85)(H,66,80)(H,67,81)(H,68,88)(H,69,86)(H,70,89)(H,71,91)(H,72,90)(H,73,87)(H,74,92)(H,75,82)/t36-,37+,38+,39+,40+,41+,42+,43+,44+,45+,46+,50+/m1/s1. The van der Waals surface area contributed by atoms with Crippen LogP contribution in [0.15, 0.2) is 48.5 Å². The third-order valence-electron chi connectivity index (χ3n) is 15.9. The molecule has 0 unspecified atom stereocenters. The molecule has 0 radical (unpaired) electrons. The van der Waals surface area contributed by atoms with Crippen molar-refractivity contribution in [2.45, 2.75) is 158 Å². The van der Waals surface area contributed by atoms with Crippen molar-refractivity contribution in [3.63, 3.8) is 0 Å². The molecule has 6 rings (SSSR count). The van der Waals surface area contributed by atoms with Crippen LogP contribution in [0.3, 0.4) is 0 Å². The predicted molar refractivity (Wildman–Crippen MR) is 361 cm³/mol. The first kappa shape index (κ1) is 77.9. The van der Waals surface area contributed by atoms with Gasteiger partial charge < -0.3 is 95.5 Å². The van der Waals surface area contributed by atoms with Crippen molar-refractivity contribution in [3.8, 4) is 11.5 Å². The molecule has 532 valence electrons. The Morgan fingerprint density at radius 2 is 1.19 bits per heavy atom. The summed E-state index contributed by atoms with van der Waals surface area (Å²) in [5.41, 5.74) is 12.5. The maximum absolute atomic E-state index is 15.1. The van der Waals surface area contributed by atoms with E-state index in [1.54, 1.807) is 27.7 Å². The Morgan fingerprint density at radius 3 is 1.78 bits per heavy atom. The van der Waals surface area contributed by atoms with Gasteiger partial charge in [-0.05, 0) is 85.9 Å². The highest BCUT2D eigenvalue weighted by Crippen LogP contribution is 2.28. The smallest absolute Gasteiger partial charge is 0.246 e. The van der Waals surface area contributed by atoms with Crippen LogP contribution in [0.4, 0.5) is 0 Å². The summed E-state index contributed by atoms with van der Waals surface area (Å²) in [6, 6.07) is -4.42. The van der Waals surface area contributed by atoms with E-state index in [1.165, 1.54) is 48.5 Å². The maximum atomic E-state index is 15.1. The van der Waals surface area contributed by atoms with Gasteiger partial charge in [0.2, 0.25) is 82.7 Å². The highest BCUT2D eigenvalue weighted by atomic mass is 33.1. The van der Waals surface area contributed by atoms with E-state index in [4.69, 9.17) is 11.5 Å². The van der Waals surface area contributed by atoms with Gasteiger partial charge in [0.25, 0.3) is 0 Å². The zero-order valence-electron chi connectivity index (χ0n) is 54.0. The molecule has 4 saturated heterocycles. The van der Waals surface area contributed by atoms with Gasteiger partial charge in [-0.3, -0.25) is 67.1 Å². The molecule has 12 atom stereocenters. The van der Waals surface area contributed by atoms with E-state index in [0.29, 0.717) is 24.0 Å². The molecule has 97 heavy (non-hydrogen) atoms. The lowest BCUT2D eigenvalue weighted by atomic mass is 10.0. The number of fused-ring (bicyclic) bond motifs is 6. The first-order chi connectivity index (χ1) is 46.1. The number of carbonyl (C=O) groups excluding carboxylic acids is 14. The zero-order valence-corrected chi connectivity index (χ0v) is 57.3. The molecule has 36 heteroatoms. The van der Waals surface area contributed by atoms with Crippen LogP contribution in [0, 0.1) is 11.8 Å². The first-order valence-corrected chi connectivity index (χ1v) is 36.7. The third kappa shape index (κ3) is 24.8. The number of nitrogens with zero attached hydrogens (tertiary/aromatic N) is 1. The molecule has 0 spiro atoms. The molecular weight excluding hydrogens is 1340 g/mol. The minimum atomic E-state index is -1.62. The highest BCUT2D eigenvalue weighted by Gasteiger charge is 2.44. The zero-order chi connectivity index (χ0) is 71.0. The summed E-state index contributed by atoms with van der Waals surface area (Å²) in [6.45, 7) is 5.08. The van der Waals surface area contributed by atoms with Gasteiger partial charge in [-0.25, -0.2) is 0 Å². The number of benzene rings is 2. The number of nitrogens with one attached hydrogen (secondary N) is 12. The minimum Gasteiger partial charge on any atom is -0.508 e. The topological polar surface area (TPSA) is 499 Å². The Morgan fingerprint density at radius 1 is 0.619 bits per heavy atom. The largest absolute Gasteiger partial charge is 0.508 e. The van der Waals surface area contributed by atoms with Crippen molar-refractivity contribution < 1.29 is 82.4 Å². The van der Waals surface area contributed by atoms with Crippen LogP contribution in [0.5, 0.6) is 11.5 Å². The Hall–Kier alpha value is -8.06. The second-order valence-corrected chi connectivity index (χ2v) is 29.6. The Kier molecular flexibility index (Phi) is 30.7.